The second-order valence-corrected chi connectivity index (χ2v) is 11.9. The Morgan fingerprint density at radius 3 is 1.68 bits per heavy atom. The summed E-state index contributed by atoms with van der Waals surface area (Å²) in [6, 6.07) is 42.2. The third-order valence-electron chi connectivity index (χ3n) is 7.43. The zero-order valence-electron chi connectivity index (χ0n) is 23.1. The number of nitrogens with zero attached hydrogens (tertiary/aromatic N) is 3. The van der Waals surface area contributed by atoms with Crippen molar-refractivity contribution in [1.29, 1.82) is 0 Å². The van der Waals surface area contributed by atoms with Crippen LogP contribution in [0, 0.1) is 0 Å². The predicted molar refractivity (Wildman–Crippen MR) is 178 cm³/mol. The fraction of sp³-hybridized carbons (Fsp3) is 0. The van der Waals surface area contributed by atoms with Gasteiger partial charge >= 0.3 is 0 Å². The molecule has 0 bridgehead atoms. The van der Waals surface area contributed by atoms with Gasteiger partial charge in [0.15, 0.2) is 34.7 Å². The van der Waals surface area contributed by atoms with Crippen LogP contribution in [0.4, 0.5) is 0 Å². The van der Waals surface area contributed by atoms with Crippen molar-refractivity contribution in [3.63, 3.8) is 0 Å². The van der Waals surface area contributed by atoms with E-state index < -0.39 is 0 Å². The minimum absolute atomic E-state index is 0.596. The summed E-state index contributed by atoms with van der Waals surface area (Å²) in [6.07, 6.45) is 1.62. The van der Waals surface area contributed by atoms with Crippen LogP contribution in [0.15, 0.2) is 134 Å². The van der Waals surface area contributed by atoms with Crippen LogP contribution in [0.25, 0.3) is 61.1 Å². The van der Waals surface area contributed by atoms with E-state index >= 15 is 0 Å². The number of ether oxygens (including phenoxy) is 2. The molecule has 0 unspecified atom stereocenters. The minimum atomic E-state index is 0.596. The second kappa shape index (κ2) is 11.1. The molecular formula is C37H22ClN3O2S. The first-order valence-corrected chi connectivity index (χ1v) is 15.2. The molecule has 0 atom stereocenters. The third-order valence-corrected chi connectivity index (χ3v) is 8.79. The van der Waals surface area contributed by atoms with E-state index in [9.17, 15) is 0 Å². The summed E-state index contributed by atoms with van der Waals surface area (Å²) in [5.74, 6) is 3.85. The number of para-hydroxylation sites is 2. The topological polar surface area (TPSA) is 57.1 Å². The molecule has 1 aliphatic heterocycles. The van der Waals surface area contributed by atoms with Crippen LogP contribution in [0.5, 0.6) is 11.5 Å². The van der Waals surface area contributed by atoms with Crippen molar-refractivity contribution in [3.8, 4) is 56.8 Å². The van der Waals surface area contributed by atoms with Gasteiger partial charge in [-0.25, -0.2) is 15.0 Å². The molecule has 0 amide bonds. The van der Waals surface area contributed by atoms with Crippen molar-refractivity contribution >= 4 is 38.8 Å². The van der Waals surface area contributed by atoms with Crippen molar-refractivity contribution in [2.45, 2.75) is 0 Å². The van der Waals surface area contributed by atoms with Crippen molar-refractivity contribution in [3.05, 3.63) is 144 Å². The Morgan fingerprint density at radius 2 is 1.05 bits per heavy atom. The Morgan fingerprint density at radius 1 is 0.523 bits per heavy atom. The molecule has 210 valence electrons. The number of hydrogen-bond acceptors (Lipinski definition) is 6. The highest BCUT2D eigenvalue weighted by atomic mass is 35.5. The maximum Gasteiger partial charge on any atom is 0.172 e. The highest BCUT2D eigenvalue weighted by Gasteiger charge is 2.22. The molecule has 5 nitrogen and oxygen atoms in total. The summed E-state index contributed by atoms with van der Waals surface area (Å²) in [5, 5.41) is 1.02. The van der Waals surface area contributed by atoms with Crippen LogP contribution < -0.4 is 9.47 Å². The van der Waals surface area contributed by atoms with Gasteiger partial charge in [0.05, 0.1) is 5.56 Å². The molecule has 5 aromatic carbocycles. The highest BCUT2D eigenvalue weighted by Crippen LogP contribution is 2.44. The molecule has 0 saturated carbocycles. The lowest BCUT2D eigenvalue weighted by molar-refractivity contribution is 0.384. The largest absolute Gasteiger partial charge is 0.457 e. The van der Waals surface area contributed by atoms with Gasteiger partial charge in [-0.3, -0.25) is 0 Å². The number of hydrogen-bond donors (Lipinski definition) is 0. The Balaban J connectivity index is 1.13. The second-order valence-electron chi connectivity index (χ2n) is 10.2. The summed E-state index contributed by atoms with van der Waals surface area (Å²) >= 11 is 8.28. The summed E-state index contributed by atoms with van der Waals surface area (Å²) in [5.41, 5.74) is 5.79. The lowest BCUT2D eigenvalue weighted by atomic mass is 10.0. The first-order chi connectivity index (χ1) is 21.7. The van der Waals surface area contributed by atoms with Crippen LogP contribution in [0.1, 0.15) is 5.56 Å². The number of fused-ring (bicyclic) bond motifs is 2. The Kier molecular flexibility index (Phi) is 6.63. The molecule has 1 aliphatic rings. The van der Waals surface area contributed by atoms with Crippen molar-refractivity contribution in [2.24, 2.45) is 0 Å². The number of rotatable bonds is 5. The normalized spacial score (nSPS) is 12.2. The molecule has 8 rings (SSSR count). The molecule has 44 heavy (non-hydrogen) atoms. The van der Waals surface area contributed by atoms with Gasteiger partial charge in [-0.1, -0.05) is 121 Å². The zero-order chi connectivity index (χ0) is 29.5. The molecule has 0 fully saturated rings. The van der Waals surface area contributed by atoms with Crippen LogP contribution in [-0.4, -0.2) is 15.0 Å². The van der Waals surface area contributed by atoms with Crippen LogP contribution in [0.3, 0.4) is 0 Å². The van der Waals surface area contributed by atoms with Gasteiger partial charge in [0.2, 0.25) is 0 Å². The van der Waals surface area contributed by atoms with Gasteiger partial charge in [-0.2, -0.15) is 0 Å². The molecule has 2 aromatic heterocycles. The van der Waals surface area contributed by atoms with E-state index in [0.717, 1.165) is 43.5 Å². The molecule has 0 spiro atoms. The lowest BCUT2D eigenvalue weighted by Crippen LogP contribution is -2.03. The van der Waals surface area contributed by atoms with Crippen LogP contribution >= 0.6 is 22.9 Å². The molecule has 0 radical (unpaired) electrons. The molecule has 7 heteroatoms. The molecule has 0 aliphatic carbocycles. The predicted octanol–water partition coefficient (Wildman–Crippen LogP) is 10.2. The van der Waals surface area contributed by atoms with E-state index in [-0.39, 0.29) is 0 Å². The Labute approximate surface area is 262 Å². The number of benzene rings is 5. The quantitative estimate of drug-likeness (QED) is 0.195. The number of thiophene rings is 1. The van der Waals surface area contributed by atoms with Crippen LogP contribution in [-0.2, 0) is 0 Å². The molecule has 0 N–H and O–H groups in total. The van der Waals surface area contributed by atoms with E-state index in [2.05, 4.69) is 42.5 Å². The standard InChI is InChI=1S/C37H22ClN3O2S/c38-34-33(31-22-42-29-13-7-8-14-30(29)43-31)28-20-19-27(21-32(28)44-34)23-15-17-26(18-16-23)37-40-35(24-9-3-1-4-10-24)39-36(41-37)25-11-5-2-6-12-25/h1-22H. The Bertz CT molecular complexity index is 2120. The van der Waals surface area contributed by atoms with E-state index in [1.807, 2.05) is 84.9 Å². The van der Waals surface area contributed by atoms with E-state index in [1.54, 1.807) is 6.26 Å². The van der Waals surface area contributed by atoms with Gasteiger partial charge < -0.3 is 9.47 Å². The monoisotopic (exact) mass is 607 g/mol. The SMILES string of the molecule is Clc1sc2cc(-c3ccc(-c4nc(-c5ccccc5)nc(-c5ccccc5)n4)cc3)ccc2c1C1=COc2ccccc2O1. The van der Waals surface area contributed by atoms with Gasteiger partial charge in [-0.15, -0.1) is 11.3 Å². The van der Waals surface area contributed by atoms with Crippen LogP contribution in [0.2, 0.25) is 4.34 Å². The molecular weight excluding hydrogens is 586 g/mol. The highest BCUT2D eigenvalue weighted by molar-refractivity contribution is 7.23. The fourth-order valence-corrected chi connectivity index (χ4v) is 6.64. The minimum Gasteiger partial charge on any atom is -0.457 e. The maximum atomic E-state index is 6.75. The van der Waals surface area contributed by atoms with E-state index in [0.29, 0.717) is 39.1 Å². The Hall–Kier alpha value is -5.30. The maximum absolute atomic E-state index is 6.75. The summed E-state index contributed by atoms with van der Waals surface area (Å²) in [7, 11) is 0. The average Bonchev–Trinajstić information content (AvgIpc) is 3.43. The van der Waals surface area contributed by atoms with Gasteiger partial charge in [0, 0.05) is 26.8 Å². The smallest absolute Gasteiger partial charge is 0.172 e. The van der Waals surface area contributed by atoms with Crippen molar-refractivity contribution < 1.29 is 9.47 Å². The summed E-state index contributed by atoms with van der Waals surface area (Å²) < 4.78 is 13.7. The summed E-state index contributed by atoms with van der Waals surface area (Å²) in [6.45, 7) is 0. The number of aromatic nitrogens is 3. The first kappa shape index (κ1) is 26.3. The van der Waals surface area contributed by atoms with Gasteiger partial charge in [-0.05, 0) is 29.3 Å². The molecule has 7 aromatic rings. The van der Waals surface area contributed by atoms with Gasteiger partial charge in [0.1, 0.15) is 10.6 Å². The van der Waals surface area contributed by atoms with Gasteiger partial charge in [0.25, 0.3) is 0 Å². The average molecular weight is 608 g/mol. The van der Waals surface area contributed by atoms with Crippen molar-refractivity contribution in [1.82, 2.24) is 15.0 Å². The first-order valence-electron chi connectivity index (χ1n) is 14.0. The lowest BCUT2D eigenvalue weighted by Gasteiger charge is -2.18. The van der Waals surface area contributed by atoms with E-state index in [4.69, 9.17) is 36.0 Å². The summed E-state index contributed by atoms with van der Waals surface area (Å²) in [4.78, 5) is 14.5. The van der Waals surface area contributed by atoms with Crippen molar-refractivity contribution in [2.75, 3.05) is 0 Å². The molecule has 0 saturated heterocycles. The molecule has 3 heterocycles. The fourth-order valence-electron chi connectivity index (χ4n) is 5.23. The number of halogens is 1. The third kappa shape index (κ3) is 4.90. The van der Waals surface area contributed by atoms with E-state index in [1.165, 1.54) is 11.3 Å². The zero-order valence-corrected chi connectivity index (χ0v) is 24.7.